The molecule has 1 rings (SSSR count). The molecular formula is C13H15ClN2O4. The quantitative estimate of drug-likeness (QED) is 0.730. The summed E-state index contributed by atoms with van der Waals surface area (Å²) in [6.45, 7) is 1.69. The zero-order valence-electron chi connectivity index (χ0n) is 10.9. The highest BCUT2D eigenvalue weighted by molar-refractivity contribution is 6.30. The first-order valence-corrected chi connectivity index (χ1v) is 6.27. The number of aryl methyl sites for hydroxylation is 1. The maximum Gasteiger partial charge on any atom is 0.326 e. The molecule has 1 atom stereocenters. The van der Waals surface area contributed by atoms with Crippen molar-refractivity contribution in [1.82, 2.24) is 5.32 Å². The maximum atomic E-state index is 12.0. The number of carbonyl (C=O) groups excluding carboxylic acids is 2. The van der Waals surface area contributed by atoms with Crippen LogP contribution in [-0.4, -0.2) is 28.9 Å². The third-order valence-corrected chi connectivity index (χ3v) is 2.95. The highest BCUT2D eigenvalue weighted by Gasteiger charge is 2.21. The van der Waals surface area contributed by atoms with Gasteiger partial charge in [0.1, 0.15) is 6.04 Å². The molecule has 1 aromatic carbocycles. The number of carbonyl (C=O) groups is 3. The van der Waals surface area contributed by atoms with Gasteiger partial charge in [0.15, 0.2) is 0 Å². The molecule has 7 heteroatoms. The molecule has 1 aromatic rings. The van der Waals surface area contributed by atoms with E-state index in [0.29, 0.717) is 16.1 Å². The topological polar surface area (TPSA) is 109 Å². The van der Waals surface area contributed by atoms with E-state index >= 15 is 0 Å². The SMILES string of the molecule is Cc1cc(Cl)ccc1C(=O)N[C@@H](CCC(N)=O)C(=O)O. The first-order chi connectivity index (χ1) is 9.31. The molecule has 0 unspecified atom stereocenters. The number of nitrogens with one attached hydrogen (secondary N) is 1. The van der Waals surface area contributed by atoms with Crippen molar-refractivity contribution in [2.24, 2.45) is 5.73 Å². The van der Waals surface area contributed by atoms with Crippen molar-refractivity contribution >= 4 is 29.4 Å². The molecule has 0 saturated carbocycles. The van der Waals surface area contributed by atoms with Crippen molar-refractivity contribution in [3.8, 4) is 0 Å². The van der Waals surface area contributed by atoms with Crippen molar-refractivity contribution in [1.29, 1.82) is 0 Å². The van der Waals surface area contributed by atoms with Crippen LogP contribution in [0.1, 0.15) is 28.8 Å². The number of hydrogen-bond acceptors (Lipinski definition) is 3. The molecule has 0 aliphatic carbocycles. The Morgan fingerprint density at radius 2 is 2.05 bits per heavy atom. The Hall–Kier alpha value is -2.08. The Morgan fingerprint density at radius 3 is 2.55 bits per heavy atom. The third-order valence-electron chi connectivity index (χ3n) is 2.72. The summed E-state index contributed by atoms with van der Waals surface area (Å²) in [6, 6.07) is 3.50. The molecule has 0 heterocycles. The van der Waals surface area contributed by atoms with Gasteiger partial charge >= 0.3 is 5.97 Å². The van der Waals surface area contributed by atoms with E-state index in [0.717, 1.165) is 0 Å². The molecular weight excluding hydrogens is 284 g/mol. The van der Waals surface area contributed by atoms with Crippen LogP contribution in [0.25, 0.3) is 0 Å². The number of aliphatic carboxylic acids is 1. The number of halogens is 1. The van der Waals surface area contributed by atoms with Crippen LogP contribution in [0.15, 0.2) is 18.2 Å². The van der Waals surface area contributed by atoms with E-state index in [2.05, 4.69) is 5.32 Å². The average Bonchev–Trinajstić information content (AvgIpc) is 2.33. The molecule has 0 aliphatic rings. The van der Waals surface area contributed by atoms with Gasteiger partial charge in [-0.15, -0.1) is 0 Å². The van der Waals surface area contributed by atoms with Gasteiger partial charge in [0.05, 0.1) is 0 Å². The summed E-state index contributed by atoms with van der Waals surface area (Å²) < 4.78 is 0. The van der Waals surface area contributed by atoms with Crippen LogP contribution in [0.4, 0.5) is 0 Å². The molecule has 0 aromatic heterocycles. The summed E-state index contributed by atoms with van der Waals surface area (Å²) in [6.07, 6.45) is -0.167. The molecule has 108 valence electrons. The largest absolute Gasteiger partial charge is 0.480 e. The van der Waals surface area contributed by atoms with Crippen LogP contribution < -0.4 is 11.1 Å². The second kappa shape index (κ2) is 6.91. The molecule has 0 bridgehead atoms. The summed E-state index contributed by atoms with van der Waals surface area (Å²) in [7, 11) is 0. The van der Waals surface area contributed by atoms with Crippen LogP contribution in [-0.2, 0) is 9.59 Å². The van der Waals surface area contributed by atoms with Gasteiger partial charge in [-0.2, -0.15) is 0 Å². The second-order valence-electron chi connectivity index (χ2n) is 4.33. The Kier molecular flexibility index (Phi) is 5.52. The van der Waals surface area contributed by atoms with Gasteiger partial charge in [-0.3, -0.25) is 9.59 Å². The third kappa shape index (κ3) is 4.55. The maximum absolute atomic E-state index is 12.0. The molecule has 6 nitrogen and oxygen atoms in total. The molecule has 0 saturated heterocycles. The number of benzene rings is 1. The summed E-state index contributed by atoms with van der Waals surface area (Å²) in [5.41, 5.74) is 5.93. The summed E-state index contributed by atoms with van der Waals surface area (Å²) >= 11 is 5.79. The van der Waals surface area contributed by atoms with Crippen molar-refractivity contribution in [2.45, 2.75) is 25.8 Å². The molecule has 2 amide bonds. The van der Waals surface area contributed by atoms with E-state index in [-0.39, 0.29) is 12.8 Å². The van der Waals surface area contributed by atoms with Crippen molar-refractivity contribution in [3.05, 3.63) is 34.3 Å². The number of carboxylic acid groups (broad SMARTS) is 1. The van der Waals surface area contributed by atoms with Crippen LogP contribution >= 0.6 is 11.6 Å². The Morgan fingerprint density at radius 1 is 1.40 bits per heavy atom. The fourth-order valence-corrected chi connectivity index (χ4v) is 1.89. The lowest BCUT2D eigenvalue weighted by Gasteiger charge is -2.14. The minimum Gasteiger partial charge on any atom is -0.480 e. The lowest BCUT2D eigenvalue weighted by Crippen LogP contribution is -2.41. The molecule has 0 spiro atoms. The van der Waals surface area contributed by atoms with Gasteiger partial charge in [0.2, 0.25) is 5.91 Å². The van der Waals surface area contributed by atoms with Crippen molar-refractivity contribution in [2.75, 3.05) is 0 Å². The zero-order valence-corrected chi connectivity index (χ0v) is 11.6. The highest BCUT2D eigenvalue weighted by atomic mass is 35.5. The smallest absolute Gasteiger partial charge is 0.326 e. The fourth-order valence-electron chi connectivity index (χ4n) is 1.66. The Labute approximate surface area is 120 Å². The van der Waals surface area contributed by atoms with Gasteiger partial charge < -0.3 is 16.2 Å². The number of amides is 2. The van der Waals surface area contributed by atoms with E-state index in [9.17, 15) is 14.4 Å². The average molecular weight is 299 g/mol. The van der Waals surface area contributed by atoms with Gasteiger partial charge in [-0.25, -0.2) is 4.79 Å². The summed E-state index contributed by atoms with van der Waals surface area (Å²) in [5, 5.41) is 11.9. The van der Waals surface area contributed by atoms with E-state index < -0.39 is 23.8 Å². The lowest BCUT2D eigenvalue weighted by atomic mass is 10.1. The van der Waals surface area contributed by atoms with Gasteiger partial charge in [0.25, 0.3) is 5.91 Å². The monoisotopic (exact) mass is 298 g/mol. The van der Waals surface area contributed by atoms with Crippen LogP contribution in [0.2, 0.25) is 5.02 Å². The normalized spacial score (nSPS) is 11.7. The van der Waals surface area contributed by atoms with Gasteiger partial charge in [-0.1, -0.05) is 11.6 Å². The Bertz CT molecular complexity index is 545. The molecule has 4 N–H and O–H groups in total. The standard InChI is InChI=1S/C13H15ClN2O4/c1-7-6-8(14)2-3-9(7)12(18)16-10(13(19)20)4-5-11(15)17/h2-3,6,10H,4-5H2,1H3,(H2,15,17)(H,16,18)(H,19,20)/t10-/m0/s1. The van der Waals surface area contributed by atoms with E-state index in [1.807, 2.05) is 0 Å². The van der Waals surface area contributed by atoms with Crippen LogP contribution in [0.3, 0.4) is 0 Å². The van der Waals surface area contributed by atoms with Crippen molar-refractivity contribution in [3.63, 3.8) is 0 Å². The van der Waals surface area contributed by atoms with Gasteiger partial charge in [0, 0.05) is 17.0 Å². The predicted molar refractivity (Wildman–Crippen MR) is 73.5 cm³/mol. The zero-order chi connectivity index (χ0) is 15.3. The predicted octanol–water partition coefficient (Wildman–Crippen LogP) is 1.10. The lowest BCUT2D eigenvalue weighted by molar-refractivity contribution is -0.139. The highest BCUT2D eigenvalue weighted by Crippen LogP contribution is 2.15. The van der Waals surface area contributed by atoms with Crippen LogP contribution in [0.5, 0.6) is 0 Å². The summed E-state index contributed by atoms with van der Waals surface area (Å²) in [4.78, 5) is 33.7. The first kappa shape index (κ1) is 16.0. The minimum atomic E-state index is -1.22. The fraction of sp³-hybridized carbons (Fsp3) is 0.308. The van der Waals surface area contributed by atoms with E-state index in [1.54, 1.807) is 19.1 Å². The second-order valence-corrected chi connectivity index (χ2v) is 4.76. The minimum absolute atomic E-state index is 0.0525. The number of rotatable bonds is 6. The van der Waals surface area contributed by atoms with E-state index in [1.165, 1.54) is 6.07 Å². The first-order valence-electron chi connectivity index (χ1n) is 5.89. The Balaban J connectivity index is 2.80. The van der Waals surface area contributed by atoms with E-state index in [4.69, 9.17) is 22.4 Å². The van der Waals surface area contributed by atoms with Crippen molar-refractivity contribution < 1.29 is 19.5 Å². The number of carboxylic acids is 1. The number of hydrogen-bond donors (Lipinski definition) is 3. The molecule has 0 radical (unpaired) electrons. The molecule has 0 fully saturated rings. The van der Waals surface area contributed by atoms with Crippen LogP contribution in [0, 0.1) is 6.92 Å². The molecule has 0 aliphatic heterocycles. The number of primary amides is 1. The number of nitrogens with two attached hydrogens (primary N) is 1. The molecule has 20 heavy (non-hydrogen) atoms. The van der Waals surface area contributed by atoms with Gasteiger partial charge in [-0.05, 0) is 37.1 Å². The summed E-state index contributed by atoms with van der Waals surface area (Å²) in [5.74, 6) is -2.37.